The molecule has 71 heavy (non-hydrogen) atoms. The minimum Gasteiger partial charge on any atom is -0.461 e. The zero-order chi connectivity index (χ0) is 53.4. The molecule has 4 heterocycles. The van der Waals surface area contributed by atoms with E-state index in [1.165, 1.54) is 28.1 Å². The molecular weight excluding hydrogens is 929 g/mol. The van der Waals surface area contributed by atoms with E-state index in [9.17, 15) is 25.0 Å². The first-order valence-corrected chi connectivity index (χ1v) is 25.5. The Balaban J connectivity index is 1.94. The van der Waals surface area contributed by atoms with Crippen molar-refractivity contribution in [2.45, 2.75) is 220 Å². The van der Waals surface area contributed by atoms with Crippen molar-refractivity contribution < 1.29 is 86.7 Å². The molecule has 0 aliphatic carbocycles. The van der Waals surface area contributed by atoms with Gasteiger partial charge in [-0.3, -0.25) is 19.2 Å². The van der Waals surface area contributed by atoms with Crippen molar-refractivity contribution in [3.05, 3.63) is 0 Å². The van der Waals surface area contributed by atoms with Crippen molar-refractivity contribution in [1.29, 1.82) is 0 Å². The fourth-order valence-electron chi connectivity index (χ4n) is 11.0. The molecular formula is C51H88N2O18. The number of aliphatic hydroxyl groups excluding tert-OH is 2. The van der Waals surface area contributed by atoms with Crippen LogP contribution in [0.2, 0.25) is 0 Å². The number of methoxy groups -OCH3 is 2. The second kappa shape index (κ2) is 26.5. The maximum atomic E-state index is 15.3. The number of esters is 3. The summed E-state index contributed by atoms with van der Waals surface area (Å²) in [7, 11) is 4.90. The third kappa shape index (κ3) is 15.4. The molecule has 0 unspecified atom stereocenters. The molecule has 22 atom stereocenters. The van der Waals surface area contributed by atoms with Gasteiger partial charge in [0.2, 0.25) is 0 Å². The molecule has 0 amide bonds. The molecule has 4 fully saturated rings. The molecule has 4 aliphatic rings. The number of nitrogens with zero attached hydrogens (tertiary/aromatic N) is 2. The van der Waals surface area contributed by atoms with Gasteiger partial charge in [0, 0.05) is 70.7 Å². The van der Waals surface area contributed by atoms with Gasteiger partial charge >= 0.3 is 17.9 Å². The molecule has 4 aliphatic heterocycles. The number of likely N-dealkylation sites (N-methyl/N-ethyl adjacent to an activating group) is 1. The SMILES string of the molecule is CO[C@@H]1[C@H](O)[C@@H](C)O[C@@H](OC[C@H](C)[C@H]2OC(=O)[C@H](C)[C@@H](O[C@H]3C[C@H](C)N(C)C[C@H](C)O3)[C@H](C)[C@@H](O[C@@H]3O[C@H](C)C/C(=N\O)[C@H]3O)[C@@H](C)C[C@](C)(OC(C)=O)C(=O)[C@H](C)[C@H](OC(=O)CC(C)C)[C@H]2C)[C@@H]1OC. The minimum absolute atomic E-state index is 0.0191. The summed E-state index contributed by atoms with van der Waals surface area (Å²) in [5.41, 5.74) is -1.81. The number of ether oxygens (including phenoxy) is 11. The average Bonchev–Trinajstić information content (AvgIpc) is 3.41. The van der Waals surface area contributed by atoms with Crippen molar-refractivity contribution in [2.75, 3.05) is 34.4 Å². The van der Waals surface area contributed by atoms with Crippen LogP contribution in [0, 0.1) is 41.4 Å². The van der Waals surface area contributed by atoms with E-state index in [0.717, 1.165) is 0 Å². The Morgan fingerprint density at radius 3 is 2.07 bits per heavy atom. The molecule has 0 aromatic heterocycles. The number of oxime groups is 1. The molecule has 0 saturated carbocycles. The summed E-state index contributed by atoms with van der Waals surface area (Å²) < 4.78 is 69.1. The molecule has 20 heteroatoms. The van der Waals surface area contributed by atoms with Crippen molar-refractivity contribution in [2.24, 2.45) is 46.6 Å². The summed E-state index contributed by atoms with van der Waals surface area (Å²) in [5.74, 6) is -7.94. The van der Waals surface area contributed by atoms with Crippen LogP contribution >= 0.6 is 0 Å². The molecule has 410 valence electrons. The summed E-state index contributed by atoms with van der Waals surface area (Å²) in [6.07, 6.45) is -12.8. The predicted octanol–water partition coefficient (Wildman–Crippen LogP) is 4.67. The summed E-state index contributed by atoms with van der Waals surface area (Å²) in [5, 5.41) is 35.5. The third-order valence-electron chi connectivity index (χ3n) is 14.9. The van der Waals surface area contributed by atoms with Gasteiger partial charge in [-0.15, -0.1) is 0 Å². The first-order chi connectivity index (χ1) is 33.2. The maximum Gasteiger partial charge on any atom is 0.311 e. The summed E-state index contributed by atoms with van der Waals surface area (Å²) >= 11 is 0. The molecule has 0 spiro atoms. The molecule has 4 rings (SSSR count). The van der Waals surface area contributed by atoms with Crippen LogP contribution in [-0.4, -0.2) is 182 Å². The number of ketones is 1. The molecule has 0 radical (unpaired) electrons. The number of rotatable bonds is 14. The van der Waals surface area contributed by atoms with E-state index < -0.39 is 145 Å². The maximum absolute atomic E-state index is 15.3. The van der Waals surface area contributed by atoms with E-state index in [4.69, 9.17) is 52.1 Å². The Labute approximate surface area is 421 Å². The van der Waals surface area contributed by atoms with Gasteiger partial charge in [0.1, 0.15) is 36.6 Å². The van der Waals surface area contributed by atoms with Crippen LogP contribution in [-0.2, 0) is 71.3 Å². The fourth-order valence-corrected chi connectivity index (χ4v) is 11.0. The van der Waals surface area contributed by atoms with Gasteiger partial charge in [0.15, 0.2) is 30.3 Å². The topological polar surface area (TPSA) is 246 Å². The van der Waals surface area contributed by atoms with Gasteiger partial charge in [0.25, 0.3) is 0 Å². The number of hydrogen-bond donors (Lipinski definition) is 3. The van der Waals surface area contributed by atoms with Crippen LogP contribution in [0.15, 0.2) is 5.16 Å². The summed E-state index contributed by atoms with van der Waals surface area (Å²) in [6.45, 7) is 24.8. The molecule has 0 bridgehead atoms. The lowest BCUT2D eigenvalue weighted by Crippen LogP contribution is -2.59. The average molecular weight is 1020 g/mol. The van der Waals surface area contributed by atoms with E-state index in [2.05, 4.69) is 17.0 Å². The van der Waals surface area contributed by atoms with Gasteiger partial charge in [-0.05, 0) is 66.8 Å². The van der Waals surface area contributed by atoms with Gasteiger partial charge in [-0.1, -0.05) is 53.6 Å². The zero-order valence-corrected chi connectivity index (χ0v) is 45.3. The quantitative estimate of drug-likeness (QED) is 0.0926. The minimum atomic E-state index is -1.86. The summed E-state index contributed by atoms with van der Waals surface area (Å²) in [4.78, 5) is 59.6. The van der Waals surface area contributed by atoms with Crippen molar-refractivity contribution in [3.63, 3.8) is 0 Å². The normalized spacial score (nSPS) is 42.7. The molecule has 20 nitrogen and oxygen atoms in total. The highest BCUT2D eigenvalue weighted by Crippen LogP contribution is 2.40. The Kier molecular flexibility index (Phi) is 22.7. The number of carbonyl (C=O) groups excluding carboxylic acids is 4. The lowest BCUT2D eigenvalue weighted by atomic mass is 9.74. The zero-order valence-electron chi connectivity index (χ0n) is 45.3. The largest absolute Gasteiger partial charge is 0.461 e. The Morgan fingerprint density at radius 2 is 1.48 bits per heavy atom. The number of Topliss-reactive ketones (excluding diaryl/α,β-unsaturated/α-hetero) is 1. The Bertz CT molecular complexity index is 1770. The Hall–Kier alpha value is -2.89. The van der Waals surface area contributed by atoms with Crippen molar-refractivity contribution in [3.8, 4) is 0 Å². The highest BCUT2D eigenvalue weighted by molar-refractivity contribution is 5.91. The molecule has 0 aromatic carbocycles. The van der Waals surface area contributed by atoms with Crippen LogP contribution in [0.4, 0.5) is 0 Å². The van der Waals surface area contributed by atoms with Crippen LogP contribution in [0.1, 0.15) is 123 Å². The predicted molar refractivity (Wildman–Crippen MR) is 257 cm³/mol. The fraction of sp³-hybridized carbons (Fsp3) is 0.902. The molecule has 4 saturated heterocycles. The number of hydrogen-bond acceptors (Lipinski definition) is 20. The standard InChI is InChI=1S/C51H88N2O18/c1-24(2)18-37(55)67-43-31(9)42(26(4)23-63-50-46(62-17)45(61-16)39(56)34(12)66-50)69-48(59)33(11)44(68-38-19-27(5)53(15)22-29(7)64-38)30(8)41(70-49-40(57)36(52-60)20-28(6)65-49)25(3)21-51(14,71-35(13)54)47(58)32(43)10/h24-34,38-46,49-50,56-57,60H,18-23H2,1-17H3/b52-36+/t25-,26-,27-,28+,29-,30+,31-,32+,33+,34+,38-,39+,40+,41-,42+,43+,44-,45+,46+,49-,50+,51-/m0/s1. The highest BCUT2D eigenvalue weighted by Gasteiger charge is 2.52. The first-order valence-electron chi connectivity index (χ1n) is 25.5. The highest BCUT2D eigenvalue weighted by atomic mass is 16.7. The van der Waals surface area contributed by atoms with Gasteiger partial charge in [-0.2, -0.15) is 0 Å². The Morgan fingerprint density at radius 1 is 0.831 bits per heavy atom. The van der Waals surface area contributed by atoms with E-state index in [-0.39, 0.29) is 49.6 Å². The number of carbonyl (C=O) groups is 4. The van der Waals surface area contributed by atoms with E-state index in [0.29, 0.717) is 13.0 Å². The molecule has 0 aromatic rings. The lowest BCUT2D eigenvalue weighted by molar-refractivity contribution is -0.305. The van der Waals surface area contributed by atoms with E-state index in [1.54, 1.807) is 48.5 Å². The van der Waals surface area contributed by atoms with Crippen LogP contribution in [0.25, 0.3) is 0 Å². The van der Waals surface area contributed by atoms with Gasteiger partial charge in [-0.25, -0.2) is 0 Å². The van der Waals surface area contributed by atoms with Crippen molar-refractivity contribution in [1.82, 2.24) is 4.90 Å². The van der Waals surface area contributed by atoms with Crippen LogP contribution in [0.5, 0.6) is 0 Å². The third-order valence-corrected chi connectivity index (χ3v) is 14.9. The van der Waals surface area contributed by atoms with E-state index in [1.807, 2.05) is 34.7 Å². The van der Waals surface area contributed by atoms with Gasteiger partial charge < -0.3 is 72.4 Å². The molecule has 3 N–H and O–H groups in total. The van der Waals surface area contributed by atoms with Crippen molar-refractivity contribution >= 4 is 29.4 Å². The summed E-state index contributed by atoms with van der Waals surface area (Å²) in [6, 6.07) is 0.0191. The second-order valence-corrected chi connectivity index (χ2v) is 21.7. The monoisotopic (exact) mass is 1020 g/mol. The number of aliphatic hydroxyl groups is 2. The van der Waals surface area contributed by atoms with Gasteiger partial charge in [0.05, 0.1) is 54.7 Å². The lowest BCUT2D eigenvalue weighted by Gasteiger charge is -2.45. The van der Waals surface area contributed by atoms with Crippen LogP contribution < -0.4 is 0 Å². The number of cyclic esters (lactones) is 1. The first kappa shape index (κ1) is 60.7. The smallest absolute Gasteiger partial charge is 0.311 e. The second-order valence-electron chi connectivity index (χ2n) is 21.7. The van der Waals surface area contributed by atoms with E-state index >= 15 is 9.59 Å². The van der Waals surface area contributed by atoms with Crippen LogP contribution in [0.3, 0.4) is 0 Å².